The molecule has 0 bridgehead atoms. The van der Waals surface area contributed by atoms with E-state index in [9.17, 15) is 14.4 Å². The van der Waals surface area contributed by atoms with Crippen molar-refractivity contribution in [1.29, 1.82) is 0 Å². The number of carboxylic acid groups (broad SMARTS) is 1. The highest BCUT2D eigenvalue weighted by atomic mass is 32.2. The highest BCUT2D eigenvalue weighted by Gasteiger charge is 2.15. The summed E-state index contributed by atoms with van der Waals surface area (Å²) in [7, 11) is 0. The van der Waals surface area contributed by atoms with Crippen molar-refractivity contribution in [2.45, 2.75) is 6.04 Å². The number of rotatable bonds is 7. The van der Waals surface area contributed by atoms with E-state index in [-0.39, 0.29) is 11.5 Å². The molecule has 0 saturated heterocycles. The third-order valence-electron chi connectivity index (χ3n) is 1.10. The Morgan fingerprint density at radius 1 is 1.62 bits per heavy atom. The van der Waals surface area contributed by atoms with Crippen molar-refractivity contribution in [1.82, 2.24) is 5.32 Å². The topological polar surface area (TPSA) is 109 Å². The number of thioether (sulfide) groups is 1. The summed E-state index contributed by atoms with van der Waals surface area (Å²) in [6.07, 6.45) is 0.309. The lowest BCUT2D eigenvalue weighted by molar-refractivity contribution is -0.139. The van der Waals surface area contributed by atoms with E-state index in [1.807, 2.05) is 0 Å². The standard InChI is InChI=1S/C6H10N2O4S/c7-5(10)2-13-1-4(6(11)12)8-3-9/h3-4H,1-2H2,(H2,7,10)(H,8,9)(H,11,12). The molecule has 0 aliphatic rings. The second kappa shape index (κ2) is 6.30. The average molecular weight is 206 g/mol. The Hall–Kier alpha value is -1.24. The van der Waals surface area contributed by atoms with Crippen molar-refractivity contribution in [3.05, 3.63) is 0 Å². The molecule has 6 nitrogen and oxygen atoms in total. The van der Waals surface area contributed by atoms with Crippen LogP contribution in [-0.2, 0) is 14.4 Å². The van der Waals surface area contributed by atoms with Gasteiger partial charge in [-0.1, -0.05) is 0 Å². The Kier molecular flexibility index (Phi) is 5.69. The molecule has 0 radical (unpaired) electrons. The molecule has 0 aromatic heterocycles. The summed E-state index contributed by atoms with van der Waals surface area (Å²) < 4.78 is 0. The Bertz CT molecular complexity index is 209. The van der Waals surface area contributed by atoms with E-state index in [0.717, 1.165) is 11.8 Å². The quantitative estimate of drug-likeness (QED) is 0.435. The van der Waals surface area contributed by atoms with Crippen molar-refractivity contribution in [3.8, 4) is 0 Å². The maximum Gasteiger partial charge on any atom is 0.327 e. The fourth-order valence-electron chi connectivity index (χ4n) is 0.550. The maximum absolute atomic E-state index is 10.4. The highest BCUT2D eigenvalue weighted by molar-refractivity contribution is 8.00. The van der Waals surface area contributed by atoms with Gasteiger partial charge >= 0.3 is 5.97 Å². The summed E-state index contributed by atoms with van der Waals surface area (Å²) in [5, 5.41) is 10.6. The summed E-state index contributed by atoms with van der Waals surface area (Å²) in [6.45, 7) is 0. The van der Waals surface area contributed by atoms with Gasteiger partial charge in [-0.2, -0.15) is 0 Å². The maximum atomic E-state index is 10.4. The van der Waals surface area contributed by atoms with Crippen LogP contribution in [0.1, 0.15) is 0 Å². The van der Waals surface area contributed by atoms with Crippen LogP contribution < -0.4 is 11.1 Å². The van der Waals surface area contributed by atoms with Crippen molar-refractivity contribution in [2.24, 2.45) is 5.73 Å². The molecule has 7 heteroatoms. The van der Waals surface area contributed by atoms with Crippen LogP contribution in [0.2, 0.25) is 0 Å². The molecule has 0 aromatic rings. The molecule has 1 atom stereocenters. The first-order valence-corrected chi connectivity index (χ1v) is 4.52. The van der Waals surface area contributed by atoms with Gasteiger partial charge in [-0.25, -0.2) is 4.79 Å². The van der Waals surface area contributed by atoms with Gasteiger partial charge in [0, 0.05) is 5.75 Å². The van der Waals surface area contributed by atoms with Crippen LogP contribution >= 0.6 is 11.8 Å². The summed E-state index contributed by atoms with van der Waals surface area (Å²) in [6, 6.07) is -0.971. The van der Waals surface area contributed by atoms with Gasteiger partial charge in [-0.05, 0) is 0 Å². The second-order valence-corrected chi connectivity index (χ2v) is 3.19. The molecule has 13 heavy (non-hydrogen) atoms. The molecule has 0 heterocycles. The Balaban J connectivity index is 3.75. The molecular weight excluding hydrogens is 196 g/mol. The van der Waals surface area contributed by atoms with Gasteiger partial charge < -0.3 is 16.2 Å². The van der Waals surface area contributed by atoms with E-state index in [1.54, 1.807) is 0 Å². The number of carboxylic acids is 1. The minimum Gasteiger partial charge on any atom is -0.480 e. The van der Waals surface area contributed by atoms with Crippen LogP contribution in [0.25, 0.3) is 0 Å². The molecule has 0 rings (SSSR count). The molecule has 0 aliphatic carbocycles. The number of aliphatic carboxylic acids is 1. The van der Waals surface area contributed by atoms with Crippen LogP contribution in [0.15, 0.2) is 0 Å². The zero-order chi connectivity index (χ0) is 10.3. The minimum atomic E-state index is -1.14. The van der Waals surface area contributed by atoms with E-state index in [4.69, 9.17) is 10.8 Å². The first-order valence-electron chi connectivity index (χ1n) is 3.36. The number of primary amides is 1. The van der Waals surface area contributed by atoms with Crippen molar-refractivity contribution < 1.29 is 19.5 Å². The predicted octanol–water partition coefficient (Wildman–Crippen LogP) is -1.60. The summed E-state index contributed by atoms with van der Waals surface area (Å²) in [5.74, 6) is -1.48. The monoisotopic (exact) mass is 206 g/mol. The average Bonchev–Trinajstić information content (AvgIpc) is 2.02. The fraction of sp³-hybridized carbons (Fsp3) is 0.500. The van der Waals surface area contributed by atoms with Gasteiger partial charge in [0.15, 0.2) is 0 Å². The molecule has 2 amide bonds. The van der Waals surface area contributed by atoms with E-state index in [2.05, 4.69) is 5.32 Å². The van der Waals surface area contributed by atoms with Gasteiger partial charge in [-0.15, -0.1) is 11.8 Å². The first kappa shape index (κ1) is 11.8. The molecule has 4 N–H and O–H groups in total. The smallest absolute Gasteiger partial charge is 0.327 e. The van der Waals surface area contributed by atoms with Crippen LogP contribution in [0.3, 0.4) is 0 Å². The van der Waals surface area contributed by atoms with Gasteiger partial charge in [0.1, 0.15) is 6.04 Å². The van der Waals surface area contributed by atoms with Crippen LogP contribution in [-0.4, -0.2) is 40.9 Å². The summed E-state index contributed by atoms with van der Waals surface area (Å²) >= 11 is 1.06. The minimum absolute atomic E-state index is 0.0459. The molecule has 0 aromatic carbocycles. The van der Waals surface area contributed by atoms with Gasteiger partial charge in [-0.3, -0.25) is 9.59 Å². The number of carbonyl (C=O) groups excluding carboxylic acids is 2. The van der Waals surface area contributed by atoms with Crippen molar-refractivity contribution in [3.63, 3.8) is 0 Å². The lowest BCUT2D eigenvalue weighted by Gasteiger charge is -2.09. The van der Waals surface area contributed by atoms with Crippen molar-refractivity contribution >= 4 is 30.0 Å². The Labute approximate surface area is 78.9 Å². The first-order chi connectivity index (χ1) is 6.07. The SMILES string of the molecule is NC(=O)CSCC(NC=O)C(=O)O. The summed E-state index contributed by atoms with van der Waals surface area (Å²) in [5.41, 5.74) is 4.83. The third-order valence-corrected chi connectivity index (χ3v) is 2.15. The van der Waals surface area contributed by atoms with E-state index in [0.29, 0.717) is 6.41 Å². The third kappa shape index (κ3) is 5.97. The zero-order valence-electron chi connectivity index (χ0n) is 6.73. The van der Waals surface area contributed by atoms with Crippen LogP contribution in [0, 0.1) is 0 Å². The predicted molar refractivity (Wildman–Crippen MR) is 47.1 cm³/mol. The number of nitrogens with one attached hydrogen (secondary N) is 1. The highest BCUT2D eigenvalue weighted by Crippen LogP contribution is 2.01. The molecule has 1 unspecified atom stereocenters. The lowest BCUT2D eigenvalue weighted by Crippen LogP contribution is -2.38. The molecule has 74 valence electrons. The van der Waals surface area contributed by atoms with Crippen LogP contribution in [0.4, 0.5) is 0 Å². The van der Waals surface area contributed by atoms with Gasteiger partial charge in [0.2, 0.25) is 12.3 Å². The molecular formula is C6H10N2O4S. The summed E-state index contributed by atoms with van der Waals surface area (Å²) in [4.78, 5) is 30.6. The second-order valence-electron chi connectivity index (χ2n) is 2.16. The number of hydrogen-bond acceptors (Lipinski definition) is 4. The van der Waals surface area contributed by atoms with E-state index in [1.165, 1.54) is 0 Å². The zero-order valence-corrected chi connectivity index (χ0v) is 7.54. The Morgan fingerprint density at radius 2 is 2.23 bits per heavy atom. The largest absolute Gasteiger partial charge is 0.480 e. The molecule has 0 aliphatic heterocycles. The molecule has 0 spiro atoms. The van der Waals surface area contributed by atoms with Gasteiger partial charge in [0.05, 0.1) is 5.75 Å². The van der Waals surface area contributed by atoms with Crippen molar-refractivity contribution in [2.75, 3.05) is 11.5 Å². The lowest BCUT2D eigenvalue weighted by atomic mass is 10.3. The molecule has 0 saturated carbocycles. The fourth-order valence-corrected chi connectivity index (χ4v) is 1.34. The van der Waals surface area contributed by atoms with Gasteiger partial charge in [0.25, 0.3) is 0 Å². The van der Waals surface area contributed by atoms with Crippen LogP contribution in [0.5, 0.6) is 0 Å². The number of carbonyl (C=O) groups is 3. The van der Waals surface area contributed by atoms with E-state index < -0.39 is 17.9 Å². The number of nitrogens with two attached hydrogens (primary N) is 1. The normalized spacial score (nSPS) is 11.7. The number of hydrogen-bond donors (Lipinski definition) is 3. The van der Waals surface area contributed by atoms with E-state index >= 15 is 0 Å². The number of amides is 2. The Morgan fingerprint density at radius 3 is 2.62 bits per heavy atom. The molecule has 0 fully saturated rings.